The van der Waals surface area contributed by atoms with Crippen molar-refractivity contribution in [2.45, 2.75) is 0 Å². The number of benzene rings is 2. The lowest BCUT2D eigenvalue weighted by Crippen LogP contribution is -2.54. The number of anilines is 1. The molecule has 2 amide bonds. The molecule has 132 valence electrons. The Morgan fingerprint density at radius 1 is 1.19 bits per heavy atom. The number of methoxy groups -OCH3 is 1. The minimum atomic E-state index is -0.556. The van der Waals surface area contributed by atoms with Crippen molar-refractivity contribution in [2.24, 2.45) is 0 Å². The Bertz CT molecular complexity index is 944. The zero-order chi connectivity index (χ0) is 18.8. The number of carbonyl (C=O) groups is 2. The van der Waals surface area contributed by atoms with Crippen LogP contribution in [0.15, 0.2) is 52.5 Å². The zero-order valence-electron chi connectivity index (χ0n) is 13.5. The van der Waals surface area contributed by atoms with Crippen LogP contribution in [-0.2, 0) is 9.59 Å². The van der Waals surface area contributed by atoms with E-state index in [1.807, 2.05) is 0 Å². The average Bonchev–Trinajstić information content (AvgIpc) is 2.61. The van der Waals surface area contributed by atoms with E-state index in [9.17, 15) is 9.59 Å². The van der Waals surface area contributed by atoms with Crippen molar-refractivity contribution in [3.63, 3.8) is 0 Å². The van der Waals surface area contributed by atoms with Crippen molar-refractivity contribution >= 4 is 68.4 Å². The smallest absolute Gasteiger partial charge is 0.270 e. The summed E-state index contributed by atoms with van der Waals surface area (Å²) >= 11 is 14.5. The Morgan fingerprint density at radius 2 is 1.88 bits per heavy atom. The summed E-state index contributed by atoms with van der Waals surface area (Å²) in [6.45, 7) is 0. The van der Waals surface area contributed by atoms with Gasteiger partial charge in [0, 0.05) is 9.50 Å². The summed E-state index contributed by atoms with van der Waals surface area (Å²) in [5.41, 5.74) is 1.11. The first kappa shape index (κ1) is 18.6. The average molecular weight is 452 g/mol. The summed E-state index contributed by atoms with van der Waals surface area (Å²) in [6.07, 6.45) is 1.50. The quantitative estimate of drug-likeness (QED) is 0.436. The highest BCUT2D eigenvalue weighted by molar-refractivity contribution is 9.10. The first-order valence-electron chi connectivity index (χ1n) is 7.41. The fourth-order valence-corrected chi connectivity index (χ4v) is 3.17. The Morgan fingerprint density at radius 3 is 2.54 bits per heavy atom. The third-order valence-corrected chi connectivity index (χ3v) is 4.95. The van der Waals surface area contributed by atoms with Crippen molar-refractivity contribution in [1.29, 1.82) is 0 Å². The first-order valence-corrected chi connectivity index (χ1v) is 8.99. The van der Waals surface area contributed by atoms with Crippen LogP contribution < -0.4 is 15.0 Å². The van der Waals surface area contributed by atoms with Crippen LogP contribution in [0.2, 0.25) is 5.02 Å². The second-order valence-corrected chi connectivity index (χ2v) is 7.00. The van der Waals surface area contributed by atoms with E-state index < -0.39 is 11.8 Å². The monoisotopic (exact) mass is 450 g/mol. The van der Waals surface area contributed by atoms with Gasteiger partial charge in [-0.2, -0.15) is 0 Å². The molecule has 26 heavy (non-hydrogen) atoms. The first-order chi connectivity index (χ1) is 12.4. The summed E-state index contributed by atoms with van der Waals surface area (Å²) < 4.78 is 5.91. The van der Waals surface area contributed by atoms with Gasteiger partial charge in [0.25, 0.3) is 11.8 Å². The van der Waals surface area contributed by atoms with E-state index >= 15 is 0 Å². The number of nitrogens with zero attached hydrogens (tertiary/aromatic N) is 1. The van der Waals surface area contributed by atoms with E-state index in [-0.39, 0.29) is 10.7 Å². The van der Waals surface area contributed by atoms with Crippen LogP contribution in [0.1, 0.15) is 5.56 Å². The molecule has 0 radical (unpaired) electrons. The summed E-state index contributed by atoms with van der Waals surface area (Å²) in [7, 11) is 1.54. The third kappa shape index (κ3) is 3.65. The number of nitrogens with one attached hydrogen (secondary N) is 1. The molecule has 2 aromatic rings. The molecular weight excluding hydrogens is 440 g/mol. The van der Waals surface area contributed by atoms with Gasteiger partial charge in [-0.25, -0.2) is 0 Å². The summed E-state index contributed by atoms with van der Waals surface area (Å²) in [5, 5.41) is 3.09. The van der Waals surface area contributed by atoms with Gasteiger partial charge in [0.15, 0.2) is 5.11 Å². The lowest BCUT2D eigenvalue weighted by atomic mass is 10.1. The highest BCUT2D eigenvalue weighted by Crippen LogP contribution is 2.27. The van der Waals surface area contributed by atoms with Crippen molar-refractivity contribution in [3.05, 3.63) is 63.1 Å². The van der Waals surface area contributed by atoms with Crippen molar-refractivity contribution in [1.82, 2.24) is 5.32 Å². The van der Waals surface area contributed by atoms with Crippen LogP contribution in [-0.4, -0.2) is 24.0 Å². The second-order valence-electron chi connectivity index (χ2n) is 5.32. The lowest BCUT2D eigenvalue weighted by Gasteiger charge is -2.29. The molecule has 0 atom stereocenters. The molecule has 1 fully saturated rings. The number of thiocarbonyl (C=S) groups is 1. The Balaban J connectivity index is 2.04. The normalized spacial score (nSPS) is 16.0. The van der Waals surface area contributed by atoms with Crippen molar-refractivity contribution in [3.8, 4) is 5.75 Å². The SMILES string of the molecule is COc1ccc(Br)c(C=C2C(=O)NC(=S)N(c3ccc(Cl)cc3)C2=O)c1. The molecule has 0 saturated carbocycles. The molecule has 0 aliphatic carbocycles. The number of ether oxygens (including phenoxy) is 1. The summed E-state index contributed by atoms with van der Waals surface area (Å²) in [4.78, 5) is 26.5. The third-order valence-electron chi connectivity index (χ3n) is 3.69. The van der Waals surface area contributed by atoms with Crippen LogP contribution in [0.4, 0.5) is 5.69 Å². The van der Waals surface area contributed by atoms with Gasteiger partial charge < -0.3 is 4.74 Å². The van der Waals surface area contributed by atoms with E-state index in [4.69, 9.17) is 28.6 Å². The number of hydrogen-bond acceptors (Lipinski definition) is 4. The highest BCUT2D eigenvalue weighted by Gasteiger charge is 2.34. The summed E-state index contributed by atoms with van der Waals surface area (Å²) in [6, 6.07) is 11.9. The molecule has 1 aliphatic heterocycles. The van der Waals surface area contributed by atoms with Crippen LogP contribution in [0, 0.1) is 0 Å². The van der Waals surface area contributed by atoms with Crippen LogP contribution in [0.3, 0.4) is 0 Å². The molecule has 2 aromatic carbocycles. The van der Waals surface area contributed by atoms with Gasteiger partial charge in [-0.15, -0.1) is 0 Å². The van der Waals surface area contributed by atoms with Gasteiger partial charge in [0.1, 0.15) is 11.3 Å². The second kappa shape index (κ2) is 7.57. The van der Waals surface area contributed by atoms with E-state index in [1.54, 1.807) is 49.6 Å². The van der Waals surface area contributed by atoms with Crippen molar-refractivity contribution in [2.75, 3.05) is 12.0 Å². The number of rotatable bonds is 3. The van der Waals surface area contributed by atoms with E-state index in [0.29, 0.717) is 22.0 Å². The molecular formula is C18H12BrClN2O3S. The van der Waals surface area contributed by atoms with E-state index in [2.05, 4.69) is 21.2 Å². The van der Waals surface area contributed by atoms with Crippen LogP contribution in [0.25, 0.3) is 6.08 Å². The maximum absolute atomic E-state index is 12.9. The minimum absolute atomic E-state index is 0.0178. The van der Waals surface area contributed by atoms with Crippen LogP contribution in [0.5, 0.6) is 5.75 Å². The lowest BCUT2D eigenvalue weighted by molar-refractivity contribution is -0.122. The Hall–Kier alpha value is -2.22. The molecule has 0 unspecified atom stereocenters. The van der Waals surface area contributed by atoms with Gasteiger partial charge in [0.2, 0.25) is 0 Å². The Kier molecular flexibility index (Phi) is 5.41. The number of amides is 2. The molecule has 1 heterocycles. The number of halogens is 2. The molecule has 1 aliphatic rings. The minimum Gasteiger partial charge on any atom is -0.497 e. The molecule has 0 spiro atoms. The molecule has 1 saturated heterocycles. The van der Waals surface area contributed by atoms with Gasteiger partial charge in [-0.3, -0.25) is 19.8 Å². The number of carbonyl (C=O) groups excluding carboxylic acids is 2. The number of hydrogen-bond donors (Lipinski definition) is 1. The van der Waals surface area contributed by atoms with Gasteiger partial charge in [0.05, 0.1) is 12.8 Å². The van der Waals surface area contributed by atoms with Crippen molar-refractivity contribution < 1.29 is 14.3 Å². The van der Waals surface area contributed by atoms with E-state index in [1.165, 1.54) is 11.0 Å². The van der Waals surface area contributed by atoms with Crippen LogP contribution >= 0.6 is 39.7 Å². The maximum Gasteiger partial charge on any atom is 0.270 e. The predicted octanol–water partition coefficient (Wildman–Crippen LogP) is 3.94. The molecule has 0 aromatic heterocycles. The van der Waals surface area contributed by atoms with Gasteiger partial charge >= 0.3 is 0 Å². The fourth-order valence-electron chi connectivity index (χ4n) is 2.40. The van der Waals surface area contributed by atoms with Gasteiger partial charge in [-0.05, 0) is 66.3 Å². The standard InChI is InChI=1S/C18H12BrClN2O3S/c1-25-13-6-7-15(19)10(8-13)9-14-16(23)21-18(26)22(17(14)24)12-4-2-11(20)3-5-12/h2-9H,1H3,(H,21,23,26). The molecule has 1 N–H and O–H groups in total. The molecule has 8 heteroatoms. The highest BCUT2D eigenvalue weighted by atomic mass is 79.9. The maximum atomic E-state index is 12.9. The Labute approximate surface area is 168 Å². The molecule has 5 nitrogen and oxygen atoms in total. The molecule has 3 rings (SSSR count). The predicted molar refractivity (Wildman–Crippen MR) is 108 cm³/mol. The largest absolute Gasteiger partial charge is 0.497 e. The molecule has 0 bridgehead atoms. The topological polar surface area (TPSA) is 58.6 Å². The zero-order valence-corrected chi connectivity index (χ0v) is 16.6. The van der Waals surface area contributed by atoms with E-state index in [0.717, 1.165) is 4.47 Å². The fraction of sp³-hybridized carbons (Fsp3) is 0.0556. The van der Waals surface area contributed by atoms with Gasteiger partial charge in [-0.1, -0.05) is 27.5 Å². The summed E-state index contributed by atoms with van der Waals surface area (Å²) in [5.74, 6) is -0.468.